The van der Waals surface area contributed by atoms with Gasteiger partial charge in [-0.1, -0.05) is 0 Å². The summed E-state index contributed by atoms with van der Waals surface area (Å²) in [4.78, 5) is 5.06. The van der Waals surface area contributed by atoms with E-state index in [4.69, 9.17) is 18.6 Å². The maximum atomic E-state index is 5.94. The molecule has 1 unspecified atom stereocenters. The number of likely N-dealkylation sites (tertiary alicyclic amines) is 1. The molecule has 6 nitrogen and oxygen atoms in total. The molecule has 3 rings (SSSR count). The van der Waals surface area contributed by atoms with Crippen LogP contribution < -0.4 is 0 Å². The number of hydrogen-bond donors (Lipinski definition) is 0. The van der Waals surface area contributed by atoms with Crippen LogP contribution in [0.1, 0.15) is 37.2 Å². The second-order valence-corrected chi connectivity index (χ2v) is 7.91. The molecule has 3 heterocycles. The van der Waals surface area contributed by atoms with Gasteiger partial charge in [-0.15, -0.1) is 0 Å². The molecular formula is C21H36N2O4. The van der Waals surface area contributed by atoms with Crippen molar-refractivity contribution in [1.82, 2.24) is 9.80 Å². The first-order valence-electron chi connectivity index (χ1n) is 10.4. The second-order valence-electron chi connectivity index (χ2n) is 7.91. The fourth-order valence-electron chi connectivity index (χ4n) is 4.21. The Labute approximate surface area is 163 Å². The van der Waals surface area contributed by atoms with E-state index in [0.717, 1.165) is 56.8 Å². The van der Waals surface area contributed by atoms with Crippen LogP contribution in [0.15, 0.2) is 16.5 Å². The molecule has 1 aromatic heterocycles. The van der Waals surface area contributed by atoms with Crippen molar-refractivity contribution in [3.8, 4) is 0 Å². The number of hydrogen-bond acceptors (Lipinski definition) is 6. The summed E-state index contributed by atoms with van der Waals surface area (Å²) in [5, 5.41) is 0. The number of ether oxygens (including phenoxy) is 3. The summed E-state index contributed by atoms with van der Waals surface area (Å²) in [6.45, 7) is 8.67. The maximum absolute atomic E-state index is 5.94. The Morgan fingerprint density at radius 1 is 1.07 bits per heavy atom. The lowest BCUT2D eigenvalue weighted by molar-refractivity contribution is 0.0522. The van der Waals surface area contributed by atoms with Gasteiger partial charge in [-0.05, 0) is 56.8 Å². The molecular weight excluding hydrogens is 344 g/mol. The van der Waals surface area contributed by atoms with Gasteiger partial charge in [-0.2, -0.15) is 0 Å². The third-order valence-electron chi connectivity index (χ3n) is 5.70. The van der Waals surface area contributed by atoms with E-state index < -0.39 is 0 Å². The first-order valence-corrected chi connectivity index (χ1v) is 10.4. The van der Waals surface area contributed by atoms with E-state index in [1.165, 1.54) is 38.8 Å². The SMILES string of the molecule is COCCN1CCC(CN(Cc2ccc(COC)o2)CC2CCCO2)CC1. The Hall–Kier alpha value is -0.920. The van der Waals surface area contributed by atoms with Crippen LogP contribution >= 0.6 is 0 Å². The molecule has 0 bridgehead atoms. The average Bonchev–Trinajstić information content (AvgIpc) is 3.34. The van der Waals surface area contributed by atoms with Crippen molar-refractivity contribution in [2.24, 2.45) is 5.92 Å². The molecule has 154 valence electrons. The Morgan fingerprint density at radius 2 is 1.89 bits per heavy atom. The van der Waals surface area contributed by atoms with Gasteiger partial charge in [0.25, 0.3) is 0 Å². The Morgan fingerprint density at radius 3 is 2.59 bits per heavy atom. The highest BCUT2D eigenvalue weighted by molar-refractivity contribution is 5.06. The second kappa shape index (κ2) is 11.2. The minimum absolute atomic E-state index is 0.375. The summed E-state index contributed by atoms with van der Waals surface area (Å²) >= 11 is 0. The van der Waals surface area contributed by atoms with Crippen LogP contribution in [0.2, 0.25) is 0 Å². The van der Waals surface area contributed by atoms with Gasteiger partial charge in [-0.25, -0.2) is 0 Å². The van der Waals surface area contributed by atoms with Crippen molar-refractivity contribution < 1.29 is 18.6 Å². The molecule has 1 aromatic rings. The first-order chi connectivity index (χ1) is 13.3. The van der Waals surface area contributed by atoms with Crippen molar-refractivity contribution in [3.63, 3.8) is 0 Å². The topological polar surface area (TPSA) is 47.3 Å². The van der Waals surface area contributed by atoms with E-state index in [9.17, 15) is 0 Å². The molecule has 27 heavy (non-hydrogen) atoms. The highest BCUT2D eigenvalue weighted by Crippen LogP contribution is 2.22. The molecule has 0 radical (unpaired) electrons. The van der Waals surface area contributed by atoms with E-state index >= 15 is 0 Å². The number of methoxy groups -OCH3 is 2. The zero-order chi connectivity index (χ0) is 18.9. The lowest BCUT2D eigenvalue weighted by atomic mass is 9.96. The average molecular weight is 381 g/mol. The summed E-state index contributed by atoms with van der Waals surface area (Å²) < 4.78 is 22.2. The third-order valence-corrected chi connectivity index (χ3v) is 5.70. The van der Waals surface area contributed by atoms with E-state index in [0.29, 0.717) is 12.7 Å². The van der Waals surface area contributed by atoms with Crippen molar-refractivity contribution in [3.05, 3.63) is 23.7 Å². The van der Waals surface area contributed by atoms with Crippen molar-refractivity contribution in [2.45, 2.75) is 44.9 Å². The summed E-state index contributed by atoms with van der Waals surface area (Å²) in [6, 6.07) is 4.11. The fourth-order valence-corrected chi connectivity index (χ4v) is 4.21. The van der Waals surface area contributed by atoms with Gasteiger partial charge in [-0.3, -0.25) is 4.90 Å². The monoisotopic (exact) mass is 380 g/mol. The lowest BCUT2D eigenvalue weighted by Crippen LogP contribution is -2.41. The highest BCUT2D eigenvalue weighted by Gasteiger charge is 2.25. The van der Waals surface area contributed by atoms with Gasteiger partial charge in [0.2, 0.25) is 0 Å². The van der Waals surface area contributed by atoms with Gasteiger partial charge in [0, 0.05) is 40.5 Å². The Bertz CT molecular complexity index is 522. The van der Waals surface area contributed by atoms with Crippen LogP contribution in [0.5, 0.6) is 0 Å². The first kappa shape index (κ1) is 20.8. The van der Waals surface area contributed by atoms with Gasteiger partial charge in [0.05, 0.1) is 19.3 Å². The Balaban J connectivity index is 1.51. The van der Waals surface area contributed by atoms with Crippen LogP contribution in [0.25, 0.3) is 0 Å². The molecule has 0 aliphatic carbocycles. The van der Waals surface area contributed by atoms with E-state index in [2.05, 4.69) is 15.9 Å². The number of piperidine rings is 1. The molecule has 0 amide bonds. The van der Waals surface area contributed by atoms with Gasteiger partial charge in [0.15, 0.2) is 0 Å². The predicted molar refractivity (Wildman–Crippen MR) is 105 cm³/mol. The zero-order valence-corrected chi connectivity index (χ0v) is 17.0. The van der Waals surface area contributed by atoms with Gasteiger partial charge < -0.3 is 23.5 Å². The molecule has 2 aliphatic heterocycles. The maximum Gasteiger partial charge on any atom is 0.129 e. The Kier molecular flexibility index (Phi) is 8.61. The van der Waals surface area contributed by atoms with Crippen molar-refractivity contribution in [1.29, 1.82) is 0 Å². The minimum atomic E-state index is 0.375. The summed E-state index contributed by atoms with van der Waals surface area (Å²) in [5.41, 5.74) is 0. The van der Waals surface area contributed by atoms with Crippen LogP contribution in [0.3, 0.4) is 0 Å². The standard InChI is InChI=1S/C21H36N2O4/c1-24-13-11-22-9-7-18(8-10-22)14-23(15-19-4-3-12-26-19)16-20-5-6-21(27-20)17-25-2/h5-6,18-19H,3-4,7-17H2,1-2H3. The van der Waals surface area contributed by atoms with Crippen molar-refractivity contribution in [2.75, 3.05) is 60.2 Å². The normalized spacial score (nSPS) is 22.1. The van der Waals surface area contributed by atoms with E-state index in [-0.39, 0.29) is 0 Å². The molecule has 1 atom stereocenters. The van der Waals surface area contributed by atoms with Crippen LogP contribution in [-0.2, 0) is 27.4 Å². The smallest absolute Gasteiger partial charge is 0.129 e. The molecule has 2 saturated heterocycles. The van der Waals surface area contributed by atoms with Crippen LogP contribution in [0.4, 0.5) is 0 Å². The van der Waals surface area contributed by atoms with Gasteiger partial charge in [0.1, 0.15) is 18.1 Å². The van der Waals surface area contributed by atoms with E-state index in [1.54, 1.807) is 14.2 Å². The molecule has 0 aromatic carbocycles. The number of furan rings is 1. The molecule has 0 spiro atoms. The van der Waals surface area contributed by atoms with Gasteiger partial charge >= 0.3 is 0 Å². The summed E-state index contributed by atoms with van der Waals surface area (Å²) in [6.07, 6.45) is 5.27. The van der Waals surface area contributed by atoms with Crippen LogP contribution in [0, 0.1) is 5.92 Å². The van der Waals surface area contributed by atoms with Crippen LogP contribution in [-0.4, -0.2) is 76.1 Å². The third kappa shape index (κ3) is 6.88. The number of nitrogens with zero attached hydrogens (tertiary/aromatic N) is 2. The molecule has 6 heteroatoms. The van der Waals surface area contributed by atoms with E-state index in [1.807, 2.05) is 6.07 Å². The largest absolute Gasteiger partial charge is 0.462 e. The molecule has 2 fully saturated rings. The quantitative estimate of drug-likeness (QED) is 0.588. The fraction of sp³-hybridized carbons (Fsp3) is 0.810. The molecule has 0 saturated carbocycles. The highest BCUT2D eigenvalue weighted by atomic mass is 16.5. The summed E-state index contributed by atoms with van der Waals surface area (Å²) in [5.74, 6) is 2.67. The number of rotatable bonds is 11. The predicted octanol–water partition coefficient (Wildman–Crippen LogP) is 2.77. The molecule has 2 aliphatic rings. The lowest BCUT2D eigenvalue weighted by Gasteiger charge is -2.35. The molecule has 0 N–H and O–H groups in total. The zero-order valence-electron chi connectivity index (χ0n) is 17.0. The minimum Gasteiger partial charge on any atom is -0.462 e. The summed E-state index contributed by atoms with van der Waals surface area (Å²) in [7, 11) is 3.48. The van der Waals surface area contributed by atoms with Crippen molar-refractivity contribution >= 4 is 0 Å².